The van der Waals surface area contributed by atoms with Gasteiger partial charge in [0, 0.05) is 19.4 Å². The average Bonchev–Trinajstić information content (AvgIpc) is 2.90. The maximum atomic E-state index is 12.8. The number of carbonyl (C=O) groups is 2. The van der Waals surface area contributed by atoms with Crippen molar-refractivity contribution < 1.29 is 31.2 Å². The second-order valence-corrected chi connectivity index (χ2v) is 8.77. The van der Waals surface area contributed by atoms with Crippen molar-refractivity contribution in [1.82, 2.24) is 9.91 Å². The molecule has 0 aliphatic carbocycles. The molecule has 0 saturated carbocycles. The lowest BCUT2D eigenvalue weighted by Gasteiger charge is -2.30. The highest BCUT2D eigenvalue weighted by Crippen LogP contribution is 2.23. The summed E-state index contributed by atoms with van der Waals surface area (Å²) >= 11 is 0. The molecule has 7 nitrogen and oxygen atoms in total. The zero-order chi connectivity index (χ0) is 19.5. The van der Waals surface area contributed by atoms with Gasteiger partial charge in [0.2, 0.25) is 5.91 Å². The normalized spacial score (nSPS) is 23.1. The largest absolute Gasteiger partial charge is 0.406 e. The lowest BCUT2D eigenvalue weighted by molar-refractivity contribution is -0.157. The summed E-state index contributed by atoms with van der Waals surface area (Å²) in [4.78, 5) is 25.3. The van der Waals surface area contributed by atoms with Gasteiger partial charge in [0.1, 0.15) is 12.3 Å². The number of hydrogen-bond donors (Lipinski definition) is 0. The molecule has 1 atom stereocenters. The molecule has 2 rings (SSSR count). The van der Waals surface area contributed by atoms with Crippen LogP contribution >= 0.6 is 0 Å². The van der Waals surface area contributed by atoms with Gasteiger partial charge < -0.3 is 4.90 Å². The molecule has 0 N–H and O–H groups in total. The fraction of sp³-hybridized carbons (Fsp3) is 0.800. The van der Waals surface area contributed by atoms with Gasteiger partial charge in [0.05, 0.1) is 17.5 Å². The van der Waals surface area contributed by atoms with Crippen LogP contribution in [0, 0.1) is 0 Å². The Balaban J connectivity index is 2.19. The van der Waals surface area contributed by atoms with Crippen LogP contribution in [0.25, 0.3) is 0 Å². The van der Waals surface area contributed by atoms with Crippen molar-refractivity contribution in [3.63, 3.8) is 0 Å². The van der Waals surface area contributed by atoms with Gasteiger partial charge in [-0.2, -0.15) is 18.3 Å². The van der Waals surface area contributed by atoms with Gasteiger partial charge in [0.15, 0.2) is 9.84 Å². The smallest absolute Gasteiger partial charge is 0.328 e. The second kappa shape index (κ2) is 7.93. The van der Waals surface area contributed by atoms with Crippen molar-refractivity contribution in [3.8, 4) is 0 Å². The van der Waals surface area contributed by atoms with Gasteiger partial charge in [-0.25, -0.2) is 13.4 Å². The van der Waals surface area contributed by atoms with Gasteiger partial charge >= 0.3 is 6.18 Å². The van der Waals surface area contributed by atoms with Gasteiger partial charge in [-0.3, -0.25) is 9.59 Å². The summed E-state index contributed by atoms with van der Waals surface area (Å²) in [5.41, 5.74) is -0.130. The van der Waals surface area contributed by atoms with Crippen LogP contribution < -0.4 is 0 Å². The van der Waals surface area contributed by atoms with Gasteiger partial charge in [-0.1, -0.05) is 13.3 Å². The average molecular weight is 397 g/mol. The molecule has 1 unspecified atom stereocenters. The zero-order valence-electron chi connectivity index (χ0n) is 14.5. The van der Waals surface area contributed by atoms with E-state index >= 15 is 0 Å². The molecule has 0 aromatic rings. The van der Waals surface area contributed by atoms with Crippen LogP contribution in [0.3, 0.4) is 0 Å². The lowest BCUT2D eigenvalue weighted by Crippen LogP contribution is -2.47. The molecule has 0 aromatic heterocycles. The Bertz CT molecular complexity index is 691. The molecule has 1 fully saturated rings. The fourth-order valence-corrected chi connectivity index (χ4v) is 4.67. The summed E-state index contributed by atoms with van der Waals surface area (Å²) < 4.78 is 61.5. The molecular formula is C15H22F3N3O4S. The predicted octanol–water partition coefficient (Wildman–Crippen LogP) is 1.34. The van der Waals surface area contributed by atoms with E-state index in [0.29, 0.717) is 17.7 Å². The van der Waals surface area contributed by atoms with Crippen molar-refractivity contribution in [2.45, 2.75) is 51.2 Å². The molecule has 0 aromatic carbocycles. The van der Waals surface area contributed by atoms with Crippen molar-refractivity contribution in [2.75, 3.05) is 24.6 Å². The van der Waals surface area contributed by atoms with E-state index in [-0.39, 0.29) is 43.0 Å². The molecule has 148 valence electrons. The molecule has 1 saturated heterocycles. The molecule has 2 aliphatic rings. The minimum atomic E-state index is -4.53. The van der Waals surface area contributed by atoms with E-state index in [1.165, 1.54) is 0 Å². The Labute approximate surface area is 150 Å². The third-order valence-electron chi connectivity index (χ3n) is 4.30. The van der Waals surface area contributed by atoms with E-state index in [1.54, 1.807) is 6.92 Å². The van der Waals surface area contributed by atoms with E-state index in [0.717, 1.165) is 5.01 Å². The van der Waals surface area contributed by atoms with Crippen molar-refractivity contribution >= 4 is 27.4 Å². The third kappa shape index (κ3) is 5.42. The molecule has 0 radical (unpaired) electrons. The van der Waals surface area contributed by atoms with Crippen LogP contribution in [0.15, 0.2) is 5.10 Å². The van der Waals surface area contributed by atoms with E-state index in [2.05, 4.69) is 5.10 Å². The molecule has 2 aliphatic heterocycles. The highest BCUT2D eigenvalue weighted by atomic mass is 32.2. The number of amides is 2. The van der Waals surface area contributed by atoms with Crippen molar-refractivity contribution in [1.29, 1.82) is 0 Å². The molecule has 0 bridgehead atoms. The van der Waals surface area contributed by atoms with Crippen LogP contribution in [0.2, 0.25) is 0 Å². The summed E-state index contributed by atoms with van der Waals surface area (Å²) in [6, 6.07) is -0.665. The molecule has 2 amide bonds. The van der Waals surface area contributed by atoms with Crippen molar-refractivity contribution in [2.24, 2.45) is 5.10 Å². The van der Waals surface area contributed by atoms with Crippen molar-refractivity contribution in [3.05, 3.63) is 0 Å². The number of unbranched alkanes of at least 4 members (excludes halogenated alkanes) is 1. The standard InChI is InChI=1S/C15H22F3N3O4S/c1-2-3-7-20(10-15(16,17)18)14(23)12-4-5-13(22)21(19-12)11-6-8-26(24,25)9-11/h11H,2-10H2,1H3. The summed E-state index contributed by atoms with van der Waals surface area (Å²) in [5, 5.41) is 4.93. The SMILES string of the molecule is CCCCN(CC(F)(F)F)C(=O)C1=NN(C2CCS(=O)(=O)C2)C(=O)CC1. The number of rotatable bonds is 6. The minimum absolute atomic E-state index is 0.0475. The Kier molecular flexibility index (Phi) is 6.30. The lowest BCUT2D eigenvalue weighted by atomic mass is 10.1. The molecular weight excluding hydrogens is 375 g/mol. The summed E-state index contributed by atoms with van der Waals surface area (Å²) in [6.45, 7) is 0.367. The van der Waals surface area contributed by atoms with E-state index < -0.39 is 40.4 Å². The number of carbonyl (C=O) groups excluding carboxylic acids is 2. The van der Waals surface area contributed by atoms with Gasteiger partial charge in [0.25, 0.3) is 5.91 Å². The summed E-state index contributed by atoms with van der Waals surface area (Å²) in [6.07, 6.45) is -3.41. The first-order valence-electron chi connectivity index (χ1n) is 8.48. The Hall–Kier alpha value is -1.65. The first-order chi connectivity index (χ1) is 12.0. The van der Waals surface area contributed by atoms with Crippen LogP contribution in [0.1, 0.15) is 39.0 Å². The van der Waals surface area contributed by atoms with Crippen LogP contribution in [-0.4, -0.2) is 72.7 Å². The number of hydrogen-bond acceptors (Lipinski definition) is 5. The first-order valence-corrected chi connectivity index (χ1v) is 10.3. The fourth-order valence-electron chi connectivity index (χ4n) is 2.98. The van der Waals surface area contributed by atoms with Gasteiger partial charge in [-0.05, 0) is 12.8 Å². The minimum Gasteiger partial charge on any atom is -0.328 e. The number of sulfone groups is 1. The predicted molar refractivity (Wildman–Crippen MR) is 88.1 cm³/mol. The van der Waals surface area contributed by atoms with E-state index in [9.17, 15) is 31.2 Å². The second-order valence-electron chi connectivity index (χ2n) is 6.54. The highest BCUT2D eigenvalue weighted by molar-refractivity contribution is 7.91. The Morgan fingerprint density at radius 3 is 2.58 bits per heavy atom. The first kappa shape index (κ1) is 20.7. The van der Waals surface area contributed by atoms with Gasteiger partial charge in [-0.15, -0.1) is 0 Å². The topological polar surface area (TPSA) is 87.1 Å². The maximum Gasteiger partial charge on any atom is 0.406 e. The zero-order valence-corrected chi connectivity index (χ0v) is 15.3. The van der Waals surface area contributed by atoms with Crippen LogP contribution in [0.4, 0.5) is 13.2 Å². The van der Waals surface area contributed by atoms with Crippen LogP contribution in [0.5, 0.6) is 0 Å². The quantitative estimate of drug-likeness (QED) is 0.677. The number of halogens is 3. The number of hydrazone groups is 1. The Morgan fingerprint density at radius 2 is 2.04 bits per heavy atom. The number of alkyl halides is 3. The molecule has 2 heterocycles. The third-order valence-corrected chi connectivity index (χ3v) is 6.05. The molecule has 0 spiro atoms. The highest BCUT2D eigenvalue weighted by Gasteiger charge is 2.39. The number of nitrogens with zero attached hydrogens (tertiary/aromatic N) is 3. The maximum absolute atomic E-state index is 12.8. The van der Waals surface area contributed by atoms with E-state index in [1.807, 2.05) is 0 Å². The summed E-state index contributed by atoms with van der Waals surface area (Å²) in [5.74, 6) is -1.59. The molecule has 26 heavy (non-hydrogen) atoms. The monoisotopic (exact) mass is 397 g/mol. The van der Waals surface area contributed by atoms with Crippen LogP contribution in [-0.2, 0) is 19.4 Å². The Morgan fingerprint density at radius 1 is 1.35 bits per heavy atom. The molecule has 11 heteroatoms. The summed E-state index contributed by atoms with van der Waals surface area (Å²) in [7, 11) is -3.27. The van der Waals surface area contributed by atoms with E-state index in [4.69, 9.17) is 0 Å².